The standard InChI is InChI=1S/C9H13N3O3S/c13-7-8-5-10-6-9(11-8)12-1-3-16(14,15)4-2-12/h5-6,13H,1-4,7H2. The summed E-state index contributed by atoms with van der Waals surface area (Å²) in [6.45, 7) is 0.713. The van der Waals surface area contributed by atoms with E-state index in [-0.39, 0.29) is 18.1 Å². The Morgan fingerprint density at radius 3 is 2.62 bits per heavy atom. The third-order valence-electron chi connectivity index (χ3n) is 2.50. The Kier molecular flexibility index (Phi) is 3.06. The molecule has 2 rings (SSSR count). The zero-order chi connectivity index (χ0) is 11.6. The van der Waals surface area contributed by atoms with Crippen LogP contribution in [0.2, 0.25) is 0 Å². The van der Waals surface area contributed by atoms with Gasteiger partial charge in [0.15, 0.2) is 9.84 Å². The topological polar surface area (TPSA) is 83.4 Å². The second kappa shape index (κ2) is 4.34. The molecule has 2 heterocycles. The summed E-state index contributed by atoms with van der Waals surface area (Å²) in [4.78, 5) is 10.0. The summed E-state index contributed by atoms with van der Waals surface area (Å²) < 4.78 is 22.5. The SMILES string of the molecule is O=S1(=O)CCN(c2cncc(CO)n2)CC1. The molecule has 1 aromatic rings. The summed E-state index contributed by atoms with van der Waals surface area (Å²) in [5.74, 6) is 0.928. The fourth-order valence-corrected chi connectivity index (χ4v) is 2.77. The van der Waals surface area contributed by atoms with Crippen molar-refractivity contribution in [3.63, 3.8) is 0 Å². The third kappa shape index (κ3) is 2.48. The molecule has 0 bridgehead atoms. The maximum absolute atomic E-state index is 11.2. The number of hydrogen-bond acceptors (Lipinski definition) is 6. The number of sulfone groups is 1. The van der Waals surface area contributed by atoms with Gasteiger partial charge in [-0.3, -0.25) is 4.98 Å². The molecule has 0 aromatic carbocycles. The number of aromatic nitrogens is 2. The van der Waals surface area contributed by atoms with Crippen LogP contribution in [-0.2, 0) is 16.4 Å². The lowest BCUT2D eigenvalue weighted by atomic mass is 10.4. The monoisotopic (exact) mass is 243 g/mol. The molecule has 1 aromatic heterocycles. The molecule has 6 nitrogen and oxygen atoms in total. The van der Waals surface area contributed by atoms with E-state index in [0.29, 0.717) is 24.6 Å². The highest BCUT2D eigenvalue weighted by Gasteiger charge is 2.22. The third-order valence-corrected chi connectivity index (χ3v) is 4.11. The Bertz CT molecular complexity index is 461. The maximum atomic E-state index is 11.2. The normalized spacial score (nSPS) is 19.7. The van der Waals surface area contributed by atoms with Gasteiger partial charge in [-0.05, 0) is 0 Å². The van der Waals surface area contributed by atoms with Gasteiger partial charge in [-0.1, -0.05) is 0 Å². The summed E-state index contributed by atoms with van der Waals surface area (Å²) in [5, 5.41) is 8.93. The average Bonchev–Trinajstić information content (AvgIpc) is 2.29. The van der Waals surface area contributed by atoms with Gasteiger partial charge in [-0.25, -0.2) is 13.4 Å². The molecule has 7 heteroatoms. The van der Waals surface area contributed by atoms with Crippen LogP contribution in [0.15, 0.2) is 12.4 Å². The van der Waals surface area contributed by atoms with Crippen LogP contribution in [0.1, 0.15) is 5.69 Å². The molecule has 88 valence electrons. The number of nitrogens with zero attached hydrogens (tertiary/aromatic N) is 3. The zero-order valence-electron chi connectivity index (χ0n) is 8.70. The largest absolute Gasteiger partial charge is 0.390 e. The van der Waals surface area contributed by atoms with Gasteiger partial charge < -0.3 is 10.0 Å². The van der Waals surface area contributed by atoms with Gasteiger partial charge in [0.05, 0.1) is 36.2 Å². The van der Waals surface area contributed by atoms with Gasteiger partial charge in [0.1, 0.15) is 5.82 Å². The van der Waals surface area contributed by atoms with E-state index in [0.717, 1.165) is 0 Å². The van der Waals surface area contributed by atoms with Crippen LogP contribution in [0, 0.1) is 0 Å². The van der Waals surface area contributed by atoms with Crippen LogP contribution in [0.5, 0.6) is 0 Å². The van der Waals surface area contributed by atoms with E-state index in [1.54, 1.807) is 6.20 Å². The van der Waals surface area contributed by atoms with Crippen LogP contribution in [-0.4, -0.2) is 48.1 Å². The fraction of sp³-hybridized carbons (Fsp3) is 0.556. The summed E-state index contributed by atoms with van der Waals surface area (Å²) in [7, 11) is -2.88. The first kappa shape index (κ1) is 11.3. The van der Waals surface area contributed by atoms with E-state index in [1.165, 1.54) is 6.20 Å². The smallest absolute Gasteiger partial charge is 0.153 e. The van der Waals surface area contributed by atoms with Crippen LogP contribution < -0.4 is 4.90 Å². The number of aliphatic hydroxyl groups is 1. The Balaban J connectivity index is 2.13. The first-order valence-electron chi connectivity index (χ1n) is 4.98. The molecular formula is C9H13N3O3S. The zero-order valence-corrected chi connectivity index (χ0v) is 9.52. The van der Waals surface area contributed by atoms with E-state index < -0.39 is 9.84 Å². The molecule has 1 aliphatic rings. The van der Waals surface area contributed by atoms with Crippen molar-refractivity contribution in [2.45, 2.75) is 6.61 Å². The van der Waals surface area contributed by atoms with E-state index in [1.807, 2.05) is 4.90 Å². The first-order chi connectivity index (χ1) is 7.61. The van der Waals surface area contributed by atoms with Crippen LogP contribution in [0.4, 0.5) is 5.82 Å². The lowest BCUT2D eigenvalue weighted by molar-refractivity contribution is 0.276. The fourth-order valence-electron chi connectivity index (χ4n) is 1.56. The van der Waals surface area contributed by atoms with E-state index in [2.05, 4.69) is 9.97 Å². The summed E-state index contributed by atoms with van der Waals surface area (Å²) in [5.41, 5.74) is 0.492. The summed E-state index contributed by atoms with van der Waals surface area (Å²) in [6, 6.07) is 0. The predicted molar refractivity (Wildman–Crippen MR) is 58.8 cm³/mol. The lowest BCUT2D eigenvalue weighted by Gasteiger charge is -2.27. The minimum Gasteiger partial charge on any atom is -0.390 e. The number of hydrogen-bond donors (Lipinski definition) is 1. The Hall–Kier alpha value is -1.21. The van der Waals surface area contributed by atoms with E-state index >= 15 is 0 Å². The van der Waals surface area contributed by atoms with Crippen molar-refractivity contribution in [2.24, 2.45) is 0 Å². The molecule has 1 aliphatic heterocycles. The average molecular weight is 243 g/mol. The molecule has 1 N–H and O–H groups in total. The first-order valence-corrected chi connectivity index (χ1v) is 6.80. The van der Waals surface area contributed by atoms with Crippen molar-refractivity contribution in [1.29, 1.82) is 0 Å². The van der Waals surface area contributed by atoms with Gasteiger partial charge in [0.25, 0.3) is 0 Å². The van der Waals surface area contributed by atoms with Crippen molar-refractivity contribution < 1.29 is 13.5 Å². The van der Waals surface area contributed by atoms with Gasteiger partial charge in [0, 0.05) is 13.1 Å². The van der Waals surface area contributed by atoms with Crippen LogP contribution in [0.3, 0.4) is 0 Å². The molecule has 16 heavy (non-hydrogen) atoms. The molecular weight excluding hydrogens is 230 g/mol. The second-order valence-corrected chi connectivity index (χ2v) is 5.97. The highest BCUT2D eigenvalue weighted by molar-refractivity contribution is 7.91. The lowest BCUT2D eigenvalue weighted by Crippen LogP contribution is -2.40. The van der Waals surface area contributed by atoms with Crippen molar-refractivity contribution in [1.82, 2.24) is 9.97 Å². The molecule has 0 unspecified atom stereocenters. The van der Waals surface area contributed by atoms with Crippen LogP contribution >= 0.6 is 0 Å². The molecule has 1 fully saturated rings. The minimum atomic E-state index is -2.88. The van der Waals surface area contributed by atoms with Crippen LogP contribution in [0.25, 0.3) is 0 Å². The molecule has 0 atom stereocenters. The van der Waals surface area contributed by atoms with Crippen molar-refractivity contribution in [2.75, 3.05) is 29.5 Å². The van der Waals surface area contributed by atoms with Gasteiger partial charge in [-0.2, -0.15) is 0 Å². The Morgan fingerprint density at radius 1 is 1.31 bits per heavy atom. The molecule has 0 radical (unpaired) electrons. The molecule has 0 saturated carbocycles. The van der Waals surface area contributed by atoms with Gasteiger partial charge in [-0.15, -0.1) is 0 Å². The molecule has 0 spiro atoms. The quantitative estimate of drug-likeness (QED) is 0.732. The highest BCUT2D eigenvalue weighted by Crippen LogP contribution is 2.13. The number of aliphatic hydroxyl groups excluding tert-OH is 1. The van der Waals surface area contributed by atoms with E-state index in [9.17, 15) is 8.42 Å². The van der Waals surface area contributed by atoms with Gasteiger partial charge in [0.2, 0.25) is 0 Å². The summed E-state index contributed by atoms with van der Waals surface area (Å²) >= 11 is 0. The Labute approximate surface area is 93.9 Å². The maximum Gasteiger partial charge on any atom is 0.153 e. The van der Waals surface area contributed by atoms with Crippen molar-refractivity contribution >= 4 is 15.7 Å². The van der Waals surface area contributed by atoms with Crippen molar-refractivity contribution in [3.8, 4) is 0 Å². The number of rotatable bonds is 2. The number of anilines is 1. The van der Waals surface area contributed by atoms with Crippen molar-refractivity contribution in [3.05, 3.63) is 18.1 Å². The molecule has 0 aliphatic carbocycles. The summed E-state index contributed by atoms with van der Waals surface area (Å²) in [6.07, 6.45) is 3.07. The predicted octanol–water partition coefficient (Wildman–Crippen LogP) is -0.796. The highest BCUT2D eigenvalue weighted by atomic mass is 32.2. The van der Waals surface area contributed by atoms with Gasteiger partial charge >= 0.3 is 0 Å². The molecule has 0 amide bonds. The van der Waals surface area contributed by atoms with E-state index in [4.69, 9.17) is 5.11 Å². The minimum absolute atomic E-state index is 0.151. The Morgan fingerprint density at radius 2 is 2.00 bits per heavy atom. The molecule has 1 saturated heterocycles. The second-order valence-electron chi connectivity index (χ2n) is 3.67.